The van der Waals surface area contributed by atoms with Crippen molar-refractivity contribution in [2.45, 2.75) is 6.92 Å². The number of hydrogen-bond acceptors (Lipinski definition) is 4. The van der Waals surface area contributed by atoms with E-state index in [0.717, 1.165) is 5.56 Å². The lowest BCUT2D eigenvalue weighted by Gasteiger charge is -2.04. The zero-order valence-electron chi connectivity index (χ0n) is 13.7. The van der Waals surface area contributed by atoms with E-state index in [1.807, 2.05) is 30.3 Å². The molecule has 0 aliphatic rings. The van der Waals surface area contributed by atoms with Crippen LogP contribution in [0.25, 0.3) is 27.9 Å². The molecule has 4 aromatic rings. The molecule has 0 aliphatic carbocycles. The molecular formula is C18H14N6O. The topological polar surface area (TPSA) is 91.8 Å². The van der Waals surface area contributed by atoms with Gasteiger partial charge in [-0.25, -0.2) is 4.98 Å². The van der Waals surface area contributed by atoms with Crippen LogP contribution in [0.5, 0.6) is 0 Å². The van der Waals surface area contributed by atoms with Gasteiger partial charge in [-0.3, -0.25) is 14.6 Å². The Hall–Kier alpha value is -3.66. The van der Waals surface area contributed by atoms with Crippen molar-refractivity contribution in [3.63, 3.8) is 0 Å². The van der Waals surface area contributed by atoms with E-state index >= 15 is 0 Å². The summed E-state index contributed by atoms with van der Waals surface area (Å²) in [5.74, 6) is 0. The van der Waals surface area contributed by atoms with E-state index in [9.17, 15) is 10.1 Å². The van der Waals surface area contributed by atoms with Gasteiger partial charge in [0.15, 0.2) is 5.65 Å². The molecule has 1 N–H and O–H groups in total. The molecule has 7 nitrogen and oxygen atoms in total. The number of nitrogens with one attached hydrogen (secondary N) is 1. The van der Waals surface area contributed by atoms with E-state index in [1.165, 1.54) is 4.52 Å². The molecule has 0 saturated carbocycles. The van der Waals surface area contributed by atoms with Crippen LogP contribution in [0.2, 0.25) is 0 Å². The first-order chi connectivity index (χ1) is 12.1. The maximum atomic E-state index is 13.0. The highest BCUT2D eigenvalue weighted by Crippen LogP contribution is 2.28. The minimum Gasteiger partial charge on any atom is -0.279 e. The highest BCUT2D eigenvalue weighted by molar-refractivity contribution is 5.82. The summed E-state index contributed by atoms with van der Waals surface area (Å²) in [5, 5.41) is 16.5. The average Bonchev–Trinajstić information content (AvgIpc) is 3.19. The van der Waals surface area contributed by atoms with Crippen LogP contribution in [0.3, 0.4) is 0 Å². The van der Waals surface area contributed by atoms with Crippen molar-refractivity contribution in [3.05, 3.63) is 64.5 Å². The number of nitriles is 1. The van der Waals surface area contributed by atoms with E-state index in [1.54, 1.807) is 31.0 Å². The van der Waals surface area contributed by atoms with Gasteiger partial charge in [-0.05, 0) is 12.5 Å². The Balaban J connectivity index is 2.08. The maximum Gasteiger partial charge on any atom is 0.280 e. The van der Waals surface area contributed by atoms with E-state index in [2.05, 4.69) is 21.3 Å². The van der Waals surface area contributed by atoms with Crippen LogP contribution in [0.1, 0.15) is 11.4 Å². The third-order valence-corrected chi connectivity index (χ3v) is 4.13. The molecule has 4 rings (SSSR count). The molecule has 3 aromatic heterocycles. The van der Waals surface area contributed by atoms with Gasteiger partial charge in [0.1, 0.15) is 11.8 Å². The minimum absolute atomic E-state index is 0.255. The lowest BCUT2D eigenvalue weighted by Crippen LogP contribution is -2.19. The third-order valence-electron chi connectivity index (χ3n) is 4.13. The molecule has 3 heterocycles. The van der Waals surface area contributed by atoms with Crippen molar-refractivity contribution in [2.75, 3.05) is 0 Å². The van der Waals surface area contributed by atoms with Gasteiger partial charge >= 0.3 is 0 Å². The minimum atomic E-state index is -0.255. The fraction of sp³-hybridized carbons (Fsp3) is 0.111. The first-order valence-electron chi connectivity index (χ1n) is 7.70. The molecule has 0 saturated heterocycles. The Morgan fingerprint density at radius 1 is 1.16 bits per heavy atom. The molecule has 0 amide bonds. The van der Waals surface area contributed by atoms with Gasteiger partial charge in [-0.1, -0.05) is 30.3 Å². The van der Waals surface area contributed by atoms with E-state index in [4.69, 9.17) is 0 Å². The number of rotatable bonds is 2. The molecule has 7 heteroatoms. The molecule has 0 radical (unpaired) electrons. The number of hydrogen-bond donors (Lipinski definition) is 1. The van der Waals surface area contributed by atoms with Gasteiger partial charge in [-0.2, -0.15) is 14.9 Å². The number of aromatic amines is 1. The van der Waals surface area contributed by atoms with E-state index < -0.39 is 0 Å². The fourth-order valence-corrected chi connectivity index (χ4v) is 3.02. The van der Waals surface area contributed by atoms with Crippen LogP contribution in [0, 0.1) is 18.3 Å². The Kier molecular flexibility index (Phi) is 3.25. The van der Waals surface area contributed by atoms with Crippen LogP contribution in [-0.2, 0) is 7.05 Å². The van der Waals surface area contributed by atoms with E-state index in [0.29, 0.717) is 33.7 Å². The van der Waals surface area contributed by atoms with Gasteiger partial charge in [-0.15, -0.1) is 0 Å². The average molecular weight is 330 g/mol. The van der Waals surface area contributed by atoms with Gasteiger partial charge < -0.3 is 0 Å². The van der Waals surface area contributed by atoms with Crippen molar-refractivity contribution in [1.82, 2.24) is 24.4 Å². The fourth-order valence-electron chi connectivity index (χ4n) is 3.02. The molecule has 0 spiro atoms. The van der Waals surface area contributed by atoms with Crippen molar-refractivity contribution in [2.24, 2.45) is 7.05 Å². The Labute approximate surface area is 142 Å². The molecule has 0 aliphatic heterocycles. The summed E-state index contributed by atoms with van der Waals surface area (Å²) in [7, 11) is 1.79. The second-order valence-corrected chi connectivity index (χ2v) is 5.78. The summed E-state index contributed by atoms with van der Waals surface area (Å²) >= 11 is 0. The van der Waals surface area contributed by atoms with Crippen molar-refractivity contribution < 1.29 is 0 Å². The highest BCUT2D eigenvalue weighted by Gasteiger charge is 2.20. The Bertz CT molecular complexity index is 1190. The number of aryl methyl sites for hydroxylation is 2. The van der Waals surface area contributed by atoms with Crippen molar-refractivity contribution in [3.8, 4) is 28.3 Å². The summed E-state index contributed by atoms with van der Waals surface area (Å²) in [6, 6.07) is 11.6. The normalized spacial score (nSPS) is 10.9. The molecule has 0 unspecified atom stereocenters. The monoisotopic (exact) mass is 330 g/mol. The number of nitrogens with zero attached hydrogens (tertiary/aromatic N) is 5. The first-order valence-corrected chi connectivity index (χ1v) is 7.70. The predicted molar refractivity (Wildman–Crippen MR) is 92.9 cm³/mol. The van der Waals surface area contributed by atoms with Crippen LogP contribution in [0.4, 0.5) is 0 Å². The summed E-state index contributed by atoms with van der Waals surface area (Å²) in [5.41, 5.74) is 3.71. The van der Waals surface area contributed by atoms with Gasteiger partial charge in [0.25, 0.3) is 5.56 Å². The van der Waals surface area contributed by atoms with Crippen LogP contribution < -0.4 is 5.56 Å². The Morgan fingerprint density at radius 2 is 1.92 bits per heavy atom. The number of H-pyrrole nitrogens is 1. The molecule has 1 aromatic carbocycles. The smallest absolute Gasteiger partial charge is 0.279 e. The lowest BCUT2D eigenvalue weighted by atomic mass is 10.1. The summed E-state index contributed by atoms with van der Waals surface area (Å²) in [6.45, 7) is 1.79. The molecule has 122 valence electrons. The van der Waals surface area contributed by atoms with Crippen LogP contribution >= 0.6 is 0 Å². The Morgan fingerprint density at radius 3 is 2.56 bits per heavy atom. The standard InChI is InChI=1S/C18H14N6O/c1-11-15(13-9-20-23(2)10-13)18(25)24-17(21-11)16(14(8-19)22-24)12-6-4-3-5-7-12/h3-7,9-10,22H,1-2H3. The highest BCUT2D eigenvalue weighted by atomic mass is 16.1. The molecule has 25 heavy (non-hydrogen) atoms. The molecular weight excluding hydrogens is 316 g/mol. The zero-order chi connectivity index (χ0) is 17.6. The van der Waals surface area contributed by atoms with Crippen molar-refractivity contribution in [1.29, 1.82) is 5.26 Å². The molecule has 0 fully saturated rings. The van der Waals surface area contributed by atoms with Gasteiger partial charge in [0.2, 0.25) is 0 Å². The van der Waals surface area contributed by atoms with Crippen LogP contribution in [0.15, 0.2) is 47.5 Å². The van der Waals surface area contributed by atoms with Crippen LogP contribution in [-0.4, -0.2) is 24.4 Å². The summed E-state index contributed by atoms with van der Waals surface area (Å²) in [4.78, 5) is 17.6. The second-order valence-electron chi connectivity index (χ2n) is 5.78. The van der Waals surface area contributed by atoms with Gasteiger partial charge in [0, 0.05) is 18.8 Å². The van der Waals surface area contributed by atoms with Crippen molar-refractivity contribution >= 4 is 5.65 Å². The molecule has 0 bridgehead atoms. The first kappa shape index (κ1) is 14.9. The maximum absolute atomic E-state index is 13.0. The SMILES string of the molecule is Cc1nc2c(-c3ccccc3)c(C#N)[nH]n2c(=O)c1-c1cnn(C)c1. The second kappa shape index (κ2) is 5.46. The number of fused-ring (bicyclic) bond motifs is 1. The predicted octanol–water partition coefficient (Wildman–Crippen LogP) is 2.27. The number of aromatic nitrogens is 5. The summed E-state index contributed by atoms with van der Waals surface area (Å²) < 4.78 is 2.96. The zero-order valence-corrected chi connectivity index (χ0v) is 13.7. The van der Waals surface area contributed by atoms with Gasteiger partial charge in [0.05, 0.1) is 23.0 Å². The largest absolute Gasteiger partial charge is 0.280 e. The quantitative estimate of drug-likeness (QED) is 0.610. The van der Waals surface area contributed by atoms with E-state index in [-0.39, 0.29) is 5.56 Å². The number of benzene rings is 1. The third kappa shape index (κ3) is 2.23. The summed E-state index contributed by atoms with van der Waals surface area (Å²) in [6.07, 6.45) is 3.40. The lowest BCUT2D eigenvalue weighted by molar-refractivity contribution is 0.768. The molecule has 0 atom stereocenters.